The number of anilines is 1. The highest BCUT2D eigenvalue weighted by atomic mass is 32.2. The van der Waals surface area contributed by atoms with E-state index in [1.54, 1.807) is 0 Å². The van der Waals surface area contributed by atoms with Gasteiger partial charge in [0.15, 0.2) is 5.82 Å². The van der Waals surface area contributed by atoms with Crippen LogP contribution in [-0.2, 0) is 11.4 Å². The summed E-state index contributed by atoms with van der Waals surface area (Å²) in [4.78, 5) is 22.8. The Bertz CT molecular complexity index is 1090. The first-order chi connectivity index (χ1) is 14.9. The van der Waals surface area contributed by atoms with E-state index in [4.69, 9.17) is 15.3 Å². The second kappa shape index (κ2) is 9.75. The third-order valence-corrected chi connectivity index (χ3v) is 4.87. The Morgan fingerprint density at radius 2 is 1.97 bits per heavy atom. The highest BCUT2D eigenvalue weighted by Gasteiger charge is 2.18. The summed E-state index contributed by atoms with van der Waals surface area (Å²) in [7, 11) is 1.38. The van der Waals surface area contributed by atoms with E-state index in [1.165, 1.54) is 49.6 Å². The molecule has 11 nitrogen and oxygen atoms in total. The number of benzene rings is 2. The summed E-state index contributed by atoms with van der Waals surface area (Å²) in [6.45, 7) is -0.0140. The summed E-state index contributed by atoms with van der Waals surface area (Å²) in [5.74, 6) is 5.95. The molecule has 13 heteroatoms. The number of ether oxygens (including phenoxy) is 2. The number of halogens is 1. The Morgan fingerprint density at radius 1 is 1.26 bits per heavy atom. The molecular weight excluding hydrogens is 431 g/mol. The molecule has 0 atom stereocenters. The van der Waals surface area contributed by atoms with Gasteiger partial charge in [-0.2, -0.15) is 0 Å². The number of aromatic nitrogens is 3. The maximum Gasteiger partial charge on any atom is 0.296 e. The largest absolute Gasteiger partial charge is 0.496 e. The number of carbonyl (C=O) groups is 1. The summed E-state index contributed by atoms with van der Waals surface area (Å²) in [6, 6.07) is 9.54. The van der Waals surface area contributed by atoms with Crippen LogP contribution in [0.2, 0.25) is 0 Å². The maximum absolute atomic E-state index is 12.9. The molecule has 1 amide bonds. The third-order valence-electron chi connectivity index (χ3n) is 3.92. The Hall–Kier alpha value is -3.87. The van der Waals surface area contributed by atoms with Crippen molar-refractivity contribution in [2.75, 3.05) is 24.0 Å². The molecule has 0 spiro atoms. The zero-order chi connectivity index (χ0) is 22.4. The molecule has 31 heavy (non-hydrogen) atoms. The van der Waals surface area contributed by atoms with Gasteiger partial charge in [0, 0.05) is 0 Å². The highest BCUT2D eigenvalue weighted by Crippen LogP contribution is 2.29. The van der Waals surface area contributed by atoms with Gasteiger partial charge in [-0.25, -0.2) is 9.07 Å². The molecular formula is C18H17FN6O5S. The number of thioether (sulfide) groups is 1. The molecule has 0 unspecified atom stereocenters. The van der Waals surface area contributed by atoms with Gasteiger partial charge < -0.3 is 20.6 Å². The van der Waals surface area contributed by atoms with Gasteiger partial charge in [-0.05, 0) is 36.4 Å². The van der Waals surface area contributed by atoms with Gasteiger partial charge in [0.2, 0.25) is 11.1 Å². The normalized spacial score (nSPS) is 10.5. The van der Waals surface area contributed by atoms with Crippen molar-refractivity contribution in [3.63, 3.8) is 0 Å². The lowest BCUT2D eigenvalue weighted by molar-refractivity contribution is -0.384. The van der Waals surface area contributed by atoms with Crippen LogP contribution in [0, 0.1) is 15.9 Å². The van der Waals surface area contributed by atoms with Gasteiger partial charge in [0.1, 0.15) is 29.6 Å². The molecule has 3 N–H and O–H groups in total. The van der Waals surface area contributed by atoms with Crippen molar-refractivity contribution >= 4 is 29.0 Å². The molecule has 0 saturated carbocycles. The molecule has 1 heterocycles. The molecule has 0 aliphatic carbocycles. The number of nitro benzene ring substituents is 1. The number of carbonyl (C=O) groups excluding carboxylic acids is 1. The second-order valence-corrected chi connectivity index (χ2v) is 6.93. The quantitative estimate of drug-likeness (QED) is 0.218. The molecule has 0 saturated heterocycles. The monoisotopic (exact) mass is 448 g/mol. The van der Waals surface area contributed by atoms with E-state index in [9.17, 15) is 19.3 Å². The van der Waals surface area contributed by atoms with Crippen LogP contribution in [0.15, 0.2) is 47.6 Å². The minimum atomic E-state index is -0.616. The smallest absolute Gasteiger partial charge is 0.296 e. The molecule has 2 aromatic carbocycles. The minimum Gasteiger partial charge on any atom is -0.496 e. The highest BCUT2D eigenvalue weighted by molar-refractivity contribution is 7.99. The van der Waals surface area contributed by atoms with E-state index >= 15 is 0 Å². The number of amides is 1. The Labute approximate surface area is 179 Å². The van der Waals surface area contributed by atoms with Crippen molar-refractivity contribution in [2.24, 2.45) is 0 Å². The van der Waals surface area contributed by atoms with Crippen molar-refractivity contribution in [2.45, 2.75) is 11.8 Å². The summed E-state index contributed by atoms with van der Waals surface area (Å²) in [6.07, 6.45) is 0. The van der Waals surface area contributed by atoms with Gasteiger partial charge >= 0.3 is 0 Å². The van der Waals surface area contributed by atoms with Crippen LogP contribution < -0.4 is 20.6 Å². The van der Waals surface area contributed by atoms with Crippen molar-refractivity contribution in [3.8, 4) is 11.5 Å². The molecule has 162 valence electrons. The Kier molecular flexibility index (Phi) is 6.87. The van der Waals surface area contributed by atoms with E-state index < -0.39 is 10.8 Å². The van der Waals surface area contributed by atoms with E-state index in [0.717, 1.165) is 16.4 Å². The molecule has 0 radical (unpaired) electrons. The number of hydrogen-bond acceptors (Lipinski definition) is 9. The van der Waals surface area contributed by atoms with Crippen LogP contribution in [0.5, 0.6) is 11.5 Å². The van der Waals surface area contributed by atoms with E-state index in [1.807, 2.05) is 0 Å². The predicted molar refractivity (Wildman–Crippen MR) is 110 cm³/mol. The van der Waals surface area contributed by atoms with Crippen LogP contribution in [0.4, 0.5) is 15.8 Å². The molecule has 3 rings (SSSR count). The zero-order valence-electron chi connectivity index (χ0n) is 16.1. The van der Waals surface area contributed by atoms with Gasteiger partial charge in [-0.1, -0.05) is 11.8 Å². The number of nitrogen functional groups attached to an aromatic ring is 1. The fraction of sp³-hybridized carbons (Fsp3) is 0.167. The topological polar surface area (TPSA) is 147 Å². The van der Waals surface area contributed by atoms with Crippen molar-refractivity contribution in [1.82, 2.24) is 14.9 Å². The van der Waals surface area contributed by atoms with E-state index in [2.05, 4.69) is 15.5 Å². The standard InChI is InChI=1S/C18H17FN6O5S/c1-29-13-6-7-14(15(8-13)25(27)28)21-17(26)10-31-18-23-22-16(24(18)20)9-30-12-4-2-11(19)3-5-12/h2-8H,9-10,20H2,1H3,(H,21,26). The lowest BCUT2D eigenvalue weighted by atomic mass is 10.2. The third kappa shape index (κ3) is 5.60. The van der Waals surface area contributed by atoms with Gasteiger partial charge in [-0.3, -0.25) is 14.9 Å². The Balaban J connectivity index is 1.57. The van der Waals surface area contributed by atoms with Crippen LogP contribution in [0.3, 0.4) is 0 Å². The van der Waals surface area contributed by atoms with Crippen molar-refractivity contribution < 1.29 is 23.6 Å². The summed E-state index contributed by atoms with van der Waals surface area (Å²) in [5, 5.41) is 21.7. The lowest BCUT2D eigenvalue weighted by Crippen LogP contribution is -2.18. The van der Waals surface area contributed by atoms with Crippen LogP contribution >= 0.6 is 11.8 Å². The SMILES string of the molecule is COc1ccc(NC(=O)CSc2nnc(COc3ccc(F)cc3)n2N)c([N+](=O)[O-])c1. The van der Waals surface area contributed by atoms with E-state index in [-0.39, 0.29) is 40.5 Å². The molecule has 0 bridgehead atoms. The zero-order valence-corrected chi connectivity index (χ0v) is 17.0. The van der Waals surface area contributed by atoms with Gasteiger partial charge in [-0.15, -0.1) is 10.2 Å². The average Bonchev–Trinajstić information content (AvgIpc) is 3.11. The van der Waals surface area contributed by atoms with Crippen molar-refractivity contribution in [1.29, 1.82) is 0 Å². The Morgan fingerprint density at radius 3 is 2.65 bits per heavy atom. The summed E-state index contributed by atoms with van der Waals surface area (Å²) >= 11 is 0.993. The summed E-state index contributed by atoms with van der Waals surface area (Å²) in [5.41, 5.74) is -0.251. The van der Waals surface area contributed by atoms with Crippen LogP contribution in [0.1, 0.15) is 5.82 Å². The molecule has 0 fully saturated rings. The van der Waals surface area contributed by atoms with Crippen LogP contribution in [-0.4, -0.2) is 38.6 Å². The number of rotatable bonds is 9. The number of nitrogens with one attached hydrogen (secondary N) is 1. The number of hydrogen-bond donors (Lipinski definition) is 2. The van der Waals surface area contributed by atoms with Gasteiger partial charge in [0.05, 0.1) is 23.9 Å². The minimum absolute atomic E-state index is 0.0140. The predicted octanol–water partition coefficient (Wildman–Crippen LogP) is 2.36. The molecule has 3 aromatic rings. The number of nitrogens with two attached hydrogens (primary N) is 1. The fourth-order valence-corrected chi connectivity index (χ4v) is 3.07. The molecule has 1 aromatic heterocycles. The fourth-order valence-electron chi connectivity index (χ4n) is 2.39. The average molecular weight is 448 g/mol. The second-order valence-electron chi connectivity index (χ2n) is 5.99. The summed E-state index contributed by atoms with van der Waals surface area (Å²) < 4.78 is 24.5. The number of nitrogens with zero attached hydrogens (tertiary/aromatic N) is 4. The molecule has 0 aliphatic rings. The number of methoxy groups -OCH3 is 1. The first-order valence-electron chi connectivity index (χ1n) is 8.70. The first-order valence-corrected chi connectivity index (χ1v) is 9.68. The maximum atomic E-state index is 12.9. The van der Waals surface area contributed by atoms with Crippen molar-refractivity contribution in [3.05, 3.63) is 64.2 Å². The lowest BCUT2D eigenvalue weighted by Gasteiger charge is -2.08. The van der Waals surface area contributed by atoms with Gasteiger partial charge in [0.25, 0.3) is 5.69 Å². The first kappa shape index (κ1) is 21.8. The number of nitro groups is 1. The van der Waals surface area contributed by atoms with Crippen LogP contribution in [0.25, 0.3) is 0 Å². The molecule has 0 aliphatic heterocycles. The van der Waals surface area contributed by atoms with E-state index in [0.29, 0.717) is 11.5 Å².